The van der Waals surface area contributed by atoms with Crippen LogP contribution in [0, 0.1) is 0 Å². The first-order chi connectivity index (χ1) is 10.3. The third kappa shape index (κ3) is 3.71. The highest BCUT2D eigenvalue weighted by molar-refractivity contribution is 7.73. The van der Waals surface area contributed by atoms with E-state index < -0.39 is 0 Å². The standard InChI is InChI=1S/C18H23N2P/c1-16-14-19-15-20(16)12-13-21(17-8-4-2-5-9-17)18-10-6-3-7-11-18/h2-11,16,19H,12-15H2,1H3. The number of benzene rings is 2. The molecule has 1 fully saturated rings. The summed E-state index contributed by atoms with van der Waals surface area (Å²) >= 11 is 0. The van der Waals surface area contributed by atoms with Crippen LogP contribution in [0.15, 0.2) is 60.7 Å². The zero-order valence-corrected chi connectivity index (χ0v) is 13.5. The zero-order chi connectivity index (χ0) is 14.5. The van der Waals surface area contributed by atoms with Crippen molar-refractivity contribution in [3.05, 3.63) is 60.7 Å². The molecule has 2 aromatic carbocycles. The van der Waals surface area contributed by atoms with Crippen LogP contribution in [0.1, 0.15) is 6.92 Å². The van der Waals surface area contributed by atoms with Gasteiger partial charge in [-0.15, -0.1) is 0 Å². The van der Waals surface area contributed by atoms with E-state index in [2.05, 4.69) is 77.8 Å². The van der Waals surface area contributed by atoms with Crippen LogP contribution in [0.3, 0.4) is 0 Å². The lowest BCUT2D eigenvalue weighted by molar-refractivity contribution is 0.289. The average Bonchev–Trinajstić information content (AvgIpc) is 2.95. The Balaban J connectivity index is 1.76. The van der Waals surface area contributed by atoms with Crippen LogP contribution >= 0.6 is 7.92 Å². The molecule has 3 heteroatoms. The first kappa shape index (κ1) is 14.7. The second kappa shape index (κ2) is 7.17. The summed E-state index contributed by atoms with van der Waals surface area (Å²) in [5.74, 6) is 0. The number of rotatable bonds is 5. The fraction of sp³-hybridized carbons (Fsp3) is 0.333. The Morgan fingerprint density at radius 1 is 1.00 bits per heavy atom. The van der Waals surface area contributed by atoms with E-state index in [1.165, 1.54) is 23.3 Å². The van der Waals surface area contributed by atoms with E-state index in [1.807, 2.05) is 0 Å². The van der Waals surface area contributed by atoms with Gasteiger partial charge in [0.15, 0.2) is 0 Å². The highest BCUT2D eigenvalue weighted by Gasteiger charge is 2.21. The molecule has 0 amide bonds. The second-order valence-electron chi connectivity index (χ2n) is 5.60. The highest BCUT2D eigenvalue weighted by atomic mass is 31.1. The third-order valence-electron chi connectivity index (χ3n) is 4.12. The average molecular weight is 298 g/mol. The van der Waals surface area contributed by atoms with Crippen molar-refractivity contribution in [1.29, 1.82) is 0 Å². The summed E-state index contributed by atoms with van der Waals surface area (Å²) in [5.41, 5.74) is 0. The fourth-order valence-corrected chi connectivity index (χ4v) is 5.19. The van der Waals surface area contributed by atoms with E-state index in [4.69, 9.17) is 0 Å². The summed E-state index contributed by atoms with van der Waals surface area (Å²) in [4.78, 5) is 2.56. The van der Waals surface area contributed by atoms with Crippen LogP contribution in [0.4, 0.5) is 0 Å². The molecular weight excluding hydrogens is 275 g/mol. The molecule has 0 aromatic heterocycles. The van der Waals surface area contributed by atoms with Crippen LogP contribution in [-0.2, 0) is 0 Å². The van der Waals surface area contributed by atoms with Crippen molar-refractivity contribution in [2.45, 2.75) is 13.0 Å². The maximum atomic E-state index is 3.46. The monoisotopic (exact) mass is 298 g/mol. The molecule has 1 N–H and O–H groups in total. The van der Waals surface area contributed by atoms with Gasteiger partial charge in [-0.3, -0.25) is 4.90 Å². The Morgan fingerprint density at radius 3 is 2.05 bits per heavy atom. The Labute approximate surface area is 128 Å². The molecule has 1 heterocycles. The minimum atomic E-state index is -0.256. The molecule has 0 bridgehead atoms. The van der Waals surface area contributed by atoms with Gasteiger partial charge in [0.1, 0.15) is 0 Å². The number of nitrogens with zero attached hydrogens (tertiary/aromatic N) is 1. The quantitative estimate of drug-likeness (QED) is 0.853. The molecule has 1 aliphatic heterocycles. The number of hydrogen-bond donors (Lipinski definition) is 1. The maximum Gasteiger partial charge on any atom is 0.0484 e. The lowest BCUT2D eigenvalue weighted by Crippen LogP contribution is -2.32. The van der Waals surface area contributed by atoms with Gasteiger partial charge < -0.3 is 5.32 Å². The molecule has 0 radical (unpaired) electrons. The summed E-state index contributed by atoms with van der Waals surface area (Å²) in [6.45, 7) is 5.64. The minimum absolute atomic E-state index is 0.256. The summed E-state index contributed by atoms with van der Waals surface area (Å²) < 4.78 is 0. The molecule has 0 spiro atoms. The van der Waals surface area contributed by atoms with E-state index in [9.17, 15) is 0 Å². The number of hydrogen-bond acceptors (Lipinski definition) is 2. The summed E-state index contributed by atoms with van der Waals surface area (Å²) in [6.07, 6.45) is 1.23. The van der Waals surface area contributed by atoms with Crippen LogP contribution in [-0.4, -0.2) is 36.9 Å². The van der Waals surface area contributed by atoms with Gasteiger partial charge in [-0.2, -0.15) is 0 Å². The Bertz CT molecular complexity index is 504. The number of nitrogens with one attached hydrogen (secondary N) is 1. The van der Waals surface area contributed by atoms with Gasteiger partial charge >= 0.3 is 0 Å². The normalized spacial score (nSPS) is 19.2. The first-order valence-corrected chi connectivity index (χ1v) is 9.20. The van der Waals surface area contributed by atoms with Crippen LogP contribution in [0.25, 0.3) is 0 Å². The maximum absolute atomic E-state index is 3.46. The lowest BCUT2D eigenvalue weighted by Gasteiger charge is -2.24. The van der Waals surface area contributed by atoms with E-state index in [0.29, 0.717) is 6.04 Å². The molecule has 1 unspecified atom stereocenters. The molecule has 1 atom stereocenters. The third-order valence-corrected chi connectivity index (χ3v) is 6.61. The largest absolute Gasteiger partial charge is 0.303 e. The van der Waals surface area contributed by atoms with Crippen molar-refractivity contribution in [2.24, 2.45) is 0 Å². The van der Waals surface area contributed by atoms with Crippen molar-refractivity contribution in [3.63, 3.8) is 0 Å². The Hall–Kier alpha value is -1.21. The van der Waals surface area contributed by atoms with Crippen molar-refractivity contribution in [1.82, 2.24) is 10.2 Å². The van der Waals surface area contributed by atoms with Gasteiger partial charge in [0.2, 0.25) is 0 Å². The van der Waals surface area contributed by atoms with Crippen molar-refractivity contribution in [2.75, 3.05) is 25.9 Å². The summed E-state index contributed by atoms with van der Waals surface area (Å²) in [7, 11) is -0.256. The first-order valence-electron chi connectivity index (χ1n) is 7.67. The molecule has 2 aromatic rings. The smallest absolute Gasteiger partial charge is 0.0484 e. The van der Waals surface area contributed by atoms with Gasteiger partial charge in [-0.25, -0.2) is 0 Å². The lowest BCUT2D eigenvalue weighted by atomic mass is 10.3. The van der Waals surface area contributed by atoms with Crippen LogP contribution in [0.5, 0.6) is 0 Å². The predicted molar refractivity (Wildman–Crippen MR) is 93.0 cm³/mol. The highest BCUT2D eigenvalue weighted by Crippen LogP contribution is 2.33. The molecule has 110 valence electrons. The van der Waals surface area contributed by atoms with Gasteiger partial charge in [0, 0.05) is 25.8 Å². The van der Waals surface area contributed by atoms with E-state index >= 15 is 0 Å². The minimum Gasteiger partial charge on any atom is -0.303 e. The van der Waals surface area contributed by atoms with Crippen molar-refractivity contribution in [3.8, 4) is 0 Å². The van der Waals surface area contributed by atoms with E-state index in [0.717, 1.165) is 13.2 Å². The molecule has 1 saturated heterocycles. The van der Waals surface area contributed by atoms with Gasteiger partial charge in [0.25, 0.3) is 0 Å². The zero-order valence-electron chi connectivity index (χ0n) is 12.6. The predicted octanol–water partition coefficient (Wildman–Crippen LogP) is 2.37. The van der Waals surface area contributed by atoms with Crippen LogP contribution in [0.2, 0.25) is 0 Å². The van der Waals surface area contributed by atoms with E-state index in [-0.39, 0.29) is 7.92 Å². The molecule has 0 aliphatic carbocycles. The SMILES string of the molecule is CC1CNCN1CCP(c1ccccc1)c1ccccc1. The summed E-state index contributed by atoms with van der Waals surface area (Å²) in [5, 5.41) is 6.43. The fourth-order valence-electron chi connectivity index (χ4n) is 2.85. The van der Waals surface area contributed by atoms with Gasteiger partial charge in [0.05, 0.1) is 0 Å². The summed E-state index contributed by atoms with van der Waals surface area (Å²) in [6, 6.07) is 22.6. The Kier molecular flexibility index (Phi) is 5.03. The van der Waals surface area contributed by atoms with Crippen molar-refractivity contribution < 1.29 is 0 Å². The topological polar surface area (TPSA) is 15.3 Å². The molecule has 2 nitrogen and oxygen atoms in total. The molecular formula is C18H23N2P. The second-order valence-corrected chi connectivity index (χ2v) is 7.93. The molecule has 3 rings (SSSR count). The van der Waals surface area contributed by atoms with Gasteiger partial charge in [-0.1, -0.05) is 60.7 Å². The Morgan fingerprint density at radius 2 is 1.57 bits per heavy atom. The van der Waals surface area contributed by atoms with Crippen LogP contribution < -0.4 is 15.9 Å². The molecule has 0 saturated carbocycles. The van der Waals surface area contributed by atoms with E-state index in [1.54, 1.807) is 0 Å². The van der Waals surface area contributed by atoms with Gasteiger partial charge in [-0.05, 0) is 31.6 Å². The molecule has 1 aliphatic rings. The van der Waals surface area contributed by atoms with Crippen molar-refractivity contribution >= 4 is 18.5 Å². The molecule has 21 heavy (non-hydrogen) atoms.